The van der Waals surface area contributed by atoms with Crippen molar-refractivity contribution in [1.82, 2.24) is 26.6 Å². The van der Waals surface area contributed by atoms with Crippen LogP contribution >= 0.6 is 0 Å². The lowest BCUT2D eigenvalue weighted by molar-refractivity contribution is -0.136. The Kier molecular flexibility index (Phi) is 14.5. The van der Waals surface area contributed by atoms with Crippen molar-refractivity contribution < 1.29 is 28.4 Å². The van der Waals surface area contributed by atoms with Gasteiger partial charge in [-0.2, -0.15) is 0 Å². The second-order valence-corrected chi connectivity index (χ2v) is 11.5. The highest BCUT2D eigenvalue weighted by molar-refractivity contribution is 5.95. The summed E-state index contributed by atoms with van der Waals surface area (Å²) in [5.74, 6) is -2.98. The van der Waals surface area contributed by atoms with Gasteiger partial charge in [0.25, 0.3) is 0 Å². The van der Waals surface area contributed by atoms with Gasteiger partial charge in [-0.05, 0) is 69.6 Å². The van der Waals surface area contributed by atoms with Gasteiger partial charge < -0.3 is 38.1 Å². The summed E-state index contributed by atoms with van der Waals surface area (Å²) < 4.78 is 13.5. The highest BCUT2D eigenvalue weighted by Gasteiger charge is 2.37. The zero-order valence-corrected chi connectivity index (χ0v) is 25.8. The van der Waals surface area contributed by atoms with Crippen LogP contribution in [0, 0.1) is 11.7 Å². The van der Waals surface area contributed by atoms with Crippen LogP contribution in [0.3, 0.4) is 0 Å². The summed E-state index contributed by atoms with van der Waals surface area (Å²) in [6.07, 6.45) is 2.79. The molecule has 0 radical (unpaired) electrons. The molecule has 44 heavy (non-hydrogen) atoms. The van der Waals surface area contributed by atoms with E-state index in [4.69, 9.17) is 11.5 Å². The first-order valence-electron chi connectivity index (χ1n) is 15.1. The molecule has 0 spiro atoms. The van der Waals surface area contributed by atoms with Crippen molar-refractivity contribution in [2.24, 2.45) is 22.4 Å². The quantitative estimate of drug-likeness (QED) is 0.132. The van der Waals surface area contributed by atoms with E-state index in [2.05, 4.69) is 31.6 Å². The lowest BCUT2D eigenvalue weighted by Crippen LogP contribution is -2.61. The van der Waals surface area contributed by atoms with Crippen molar-refractivity contribution in [2.75, 3.05) is 19.6 Å². The Morgan fingerprint density at radius 3 is 2.27 bits per heavy atom. The first-order chi connectivity index (χ1) is 20.8. The molecule has 1 heterocycles. The Balaban J connectivity index is 2.27. The monoisotopic (exact) mass is 618 g/mol. The summed E-state index contributed by atoms with van der Waals surface area (Å²) in [6.45, 7) is 5.78. The number of guanidine groups is 1. The molecular formula is C30H47FN8O5. The van der Waals surface area contributed by atoms with E-state index < -0.39 is 41.2 Å². The number of nitrogens with zero attached hydrogens (tertiary/aromatic N) is 1. The second-order valence-electron chi connectivity index (χ2n) is 11.5. The van der Waals surface area contributed by atoms with E-state index in [9.17, 15) is 28.4 Å². The van der Waals surface area contributed by atoms with E-state index in [0.29, 0.717) is 37.7 Å². The SMILES string of the molecule is CC(C)C(=O)N[C@]1(C)CCCCNC(=O)[C@@H](c2ccc(F)cc2)NC(=O)CCCCNC(=O)[C@H](CCCN=C(N)N)NC1=O. The fourth-order valence-electron chi connectivity index (χ4n) is 4.59. The first kappa shape index (κ1) is 36.0. The third-order valence-corrected chi connectivity index (χ3v) is 7.30. The van der Waals surface area contributed by atoms with Crippen LogP contribution in [0.1, 0.15) is 83.7 Å². The van der Waals surface area contributed by atoms with Gasteiger partial charge in [-0.25, -0.2) is 4.39 Å². The van der Waals surface area contributed by atoms with Crippen molar-refractivity contribution in [1.29, 1.82) is 0 Å². The van der Waals surface area contributed by atoms with E-state index in [1.807, 2.05) is 0 Å². The molecule has 9 N–H and O–H groups in total. The van der Waals surface area contributed by atoms with Gasteiger partial charge in [-0.15, -0.1) is 0 Å². The van der Waals surface area contributed by atoms with Crippen molar-refractivity contribution >= 4 is 35.5 Å². The van der Waals surface area contributed by atoms with Gasteiger partial charge in [0.05, 0.1) is 0 Å². The third-order valence-electron chi connectivity index (χ3n) is 7.30. The van der Waals surface area contributed by atoms with Crippen LogP contribution < -0.4 is 38.1 Å². The Morgan fingerprint density at radius 1 is 1.00 bits per heavy atom. The number of halogens is 1. The summed E-state index contributed by atoms with van der Waals surface area (Å²) in [4.78, 5) is 69.2. The molecule has 1 fully saturated rings. The minimum atomic E-state index is -1.34. The van der Waals surface area contributed by atoms with Gasteiger partial charge in [-0.3, -0.25) is 29.0 Å². The molecule has 1 aliphatic heterocycles. The Hall–Kier alpha value is -4.23. The molecular weight excluding hydrogens is 571 g/mol. The van der Waals surface area contributed by atoms with Crippen LogP contribution in [0.15, 0.2) is 29.3 Å². The smallest absolute Gasteiger partial charge is 0.247 e. The number of carbonyl (C=O) groups excluding carboxylic acids is 5. The van der Waals surface area contributed by atoms with Gasteiger partial charge >= 0.3 is 0 Å². The predicted molar refractivity (Wildman–Crippen MR) is 164 cm³/mol. The van der Waals surface area contributed by atoms with Crippen molar-refractivity contribution in [2.45, 2.75) is 89.8 Å². The van der Waals surface area contributed by atoms with Crippen LogP contribution in [0.25, 0.3) is 0 Å². The van der Waals surface area contributed by atoms with Crippen molar-refractivity contribution in [3.63, 3.8) is 0 Å². The maximum absolute atomic E-state index is 13.6. The average molecular weight is 619 g/mol. The summed E-state index contributed by atoms with van der Waals surface area (Å²) in [5, 5.41) is 14.0. The van der Waals surface area contributed by atoms with Crippen LogP contribution in [-0.4, -0.2) is 66.7 Å². The molecule has 0 bridgehead atoms. The van der Waals surface area contributed by atoms with E-state index >= 15 is 0 Å². The number of nitrogens with one attached hydrogen (secondary N) is 5. The highest BCUT2D eigenvalue weighted by atomic mass is 19.1. The number of rotatable bonds is 7. The lowest BCUT2D eigenvalue weighted by atomic mass is 9.91. The minimum Gasteiger partial charge on any atom is -0.370 e. The largest absolute Gasteiger partial charge is 0.370 e. The Bertz CT molecular complexity index is 1170. The number of nitrogens with two attached hydrogens (primary N) is 2. The van der Waals surface area contributed by atoms with Gasteiger partial charge in [-0.1, -0.05) is 26.0 Å². The van der Waals surface area contributed by atoms with Gasteiger partial charge in [0.1, 0.15) is 23.4 Å². The van der Waals surface area contributed by atoms with Gasteiger partial charge in [0, 0.05) is 32.0 Å². The van der Waals surface area contributed by atoms with Crippen molar-refractivity contribution in [3.05, 3.63) is 35.6 Å². The third kappa shape index (κ3) is 12.2. The van der Waals surface area contributed by atoms with E-state index in [1.165, 1.54) is 24.3 Å². The molecule has 0 aromatic heterocycles. The molecule has 0 saturated carbocycles. The molecule has 0 aliphatic carbocycles. The fraction of sp³-hybridized carbons (Fsp3) is 0.600. The first-order valence-corrected chi connectivity index (χ1v) is 15.1. The highest BCUT2D eigenvalue weighted by Crippen LogP contribution is 2.18. The molecule has 1 aliphatic rings. The van der Waals surface area contributed by atoms with E-state index in [0.717, 1.165) is 0 Å². The van der Waals surface area contributed by atoms with Crippen LogP contribution in [-0.2, 0) is 24.0 Å². The normalized spacial score (nSPS) is 23.1. The van der Waals surface area contributed by atoms with E-state index in [1.54, 1.807) is 20.8 Å². The molecule has 1 aromatic rings. The van der Waals surface area contributed by atoms with Gasteiger partial charge in [0.2, 0.25) is 29.5 Å². The number of hydrogen-bond acceptors (Lipinski definition) is 6. The number of benzene rings is 1. The second kappa shape index (κ2) is 17.8. The molecule has 2 rings (SSSR count). The Morgan fingerprint density at radius 2 is 1.64 bits per heavy atom. The topological polar surface area (TPSA) is 210 Å². The standard InChI is InChI=1S/C30H47FN8O5/c1-19(2)25(41)39-30(3)15-5-7-17-35-27(43)24(20-11-13-21(31)14-12-20)38-23(40)10-4-6-16-34-26(42)22(37-28(30)44)9-8-18-36-29(32)33/h11-14,19,22,24H,4-10,15-18H2,1-3H3,(H,34,42)(H,35,43)(H,37,44)(H,38,40)(H,39,41)(H4,32,33,36)/t22-,24+,30+/m0/s1. The van der Waals surface area contributed by atoms with Crippen LogP contribution in [0.5, 0.6) is 0 Å². The molecule has 1 saturated heterocycles. The summed E-state index contributed by atoms with van der Waals surface area (Å²) in [7, 11) is 0. The molecule has 0 unspecified atom stereocenters. The van der Waals surface area contributed by atoms with Crippen LogP contribution in [0.4, 0.5) is 4.39 Å². The van der Waals surface area contributed by atoms with E-state index in [-0.39, 0.29) is 62.6 Å². The fourth-order valence-corrected chi connectivity index (χ4v) is 4.59. The van der Waals surface area contributed by atoms with Gasteiger partial charge in [0.15, 0.2) is 5.96 Å². The average Bonchev–Trinajstić information content (AvgIpc) is 2.96. The maximum Gasteiger partial charge on any atom is 0.247 e. The molecule has 5 amide bonds. The molecule has 1 aromatic carbocycles. The molecule has 244 valence electrons. The number of amides is 5. The molecule has 14 heteroatoms. The number of carbonyl (C=O) groups is 5. The predicted octanol–water partition coefficient (Wildman–Crippen LogP) is 0.639. The molecule has 3 atom stereocenters. The minimum absolute atomic E-state index is 0.0767. The Labute approximate surface area is 257 Å². The maximum atomic E-state index is 13.6. The zero-order valence-electron chi connectivity index (χ0n) is 25.8. The number of hydrogen-bond donors (Lipinski definition) is 7. The summed E-state index contributed by atoms with van der Waals surface area (Å²) in [5.41, 5.74) is 9.89. The summed E-state index contributed by atoms with van der Waals surface area (Å²) in [6, 6.07) is 3.40. The van der Waals surface area contributed by atoms with Crippen molar-refractivity contribution in [3.8, 4) is 0 Å². The lowest BCUT2D eigenvalue weighted by Gasteiger charge is -2.32. The van der Waals surface area contributed by atoms with Crippen LogP contribution in [0.2, 0.25) is 0 Å². The number of aliphatic imine (C=N–C) groups is 1. The zero-order chi connectivity index (χ0) is 32.7. The summed E-state index contributed by atoms with van der Waals surface area (Å²) >= 11 is 0. The molecule has 13 nitrogen and oxygen atoms in total.